The Morgan fingerprint density at radius 1 is 1.23 bits per heavy atom. The van der Waals surface area contributed by atoms with Crippen LogP contribution in [0.2, 0.25) is 0 Å². The van der Waals surface area contributed by atoms with Crippen LogP contribution < -0.4 is 9.47 Å². The van der Waals surface area contributed by atoms with Crippen molar-refractivity contribution in [3.05, 3.63) is 64.8 Å². The Labute approximate surface area is 235 Å². The number of benzene rings is 1. The van der Waals surface area contributed by atoms with Crippen LogP contribution in [0.4, 0.5) is 0 Å². The quantitative estimate of drug-likeness (QED) is 0.250. The number of carbonyl (C=O) groups is 3. The van der Waals surface area contributed by atoms with Crippen LogP contribution in [0, 0.1) is 11.8 Å². The third kappa shape index (κ3) is 3.77. The monoisotopic (exact) mass is 546 g/mol. The maximum atomic E-state index is 14.4. The molecular weight excluding hydrogens is 508 g/mol. The maximum Gasteiger partial charge on any atom is 0.200 e. The highest BCUT2D eigenvalue weighted by Gasteiger charge is 2.81. The molecule has 1 spiro atoms. The van der Waals surface area contributed by atoms with Crippen molar-refractivity contribution in [3.63, 3.8) is 0 Å². The standard InChI is InChI=1S/C33H38O7/c1-9-30(5,6)38-24-16-23(35)26-27(36)22-14-20-15-25-31(7,8)40-32(29(20)37,13-12-19(4)17-34)33(22,25)39-28(26)21(24)11-10-18(2)3/h9-10,12,14,16-17,20,25,35H,1,11,13,15H2,2-8H3/b19-12+. The molecule has 4 atom stereocenters. The predicted octanol–water partition coefficient (Wildman–Crippen LogP) is 5.79. The molecule has 2 heterocycles. The first-order valence-corrected chi connectivity index (χ1v) is 13.8. The van der Waals surface area contributed by atoms with E-state index in [1.54, 1.807) is 25.2 Å². The van der Waals surface area contributed by atoms with E-state index in [1.165, 1.54) is 6.07 Å². The van der Waals surface area contributed by atoms with Gasteiger partial charge in [-0.1, -0.05) is 30.4 Å². The lowest BCUT2D eigenvalue weighted by atomic mass is 9.51. The summed E-state index contributed by atoms with van der Waals surface area (Å²) < 4.78 is 20.0. The van der Waals surface area contributed by atoms with E-state index in [9.17, 15) is 19.5 Å². The van der Waals surface area contributed by atoms with Crippen LogP contribution in [0.5, 0.6) is 17.2 Å². The number of allylic oxidation sites excluding steroid dienone is 4. The molecule has 6 rings (SSSR count). The van der Waals surface area contributed by atoms with Crippen LogP contribution in [0.1, 0.15) is 77.2 Å². The van der Waals surface area contributed by atoms with Gasteiger partial charge in [-0.3, -0.25) is 14.4 Å². The van der Waals surface area contributed by atoms with Gasteiger partial charge in [0, 0.05) is 35.5 Å². The van der Waals surface area contributed by atoms with Crippen LogP contribution in [0.15, 0.2) is 53.7 Å². The zero-order valence-corrected chi connectivity index (χ0v) is 24.3. The summed E-state index contributed by atoms with van der Waals surface area (Å²) >= 11 is 0. The second-order valence-electron chi connectivity index (χ2n) is 12.8. The number of hydrogen-bond donors (Lipinski definition) is 1. The number of phenolic OH excluding ortho intramolecular Hbond substituents is 1. The Kier molecular flexibility index (Phi) is 6.34. The van der Waals surface area contributed by atoms with Gasteiger partial charge in [0.1, 0.15) is 34.7 Å². The van der Waals surface area contributed by atoms with Crippen LogP contribution in [-0.2, 0) is 20.7 Å². The summed E-state index contributed by atoms with van der Waals surface area (Å²) in [6, 6.07) is 1.46. The minimum Gasteiger partial charge on any atom is -0.507 e. The van der Waals surface area contributed by atoms with Crippen molar-refractivity contribution in [3.8, 4) is 17.2 Å². The van der Waals surface area contributed by atoms with Crippen molar-refractivity contribution in [2.45, 2.75) is 90.1 Å². The number of fused-ring (bicyclic) bond motifs is 1. The van der Waals surface area contributed by atoms with Gasteiger partial charge in [-0.25, -0.2) is 0 Å². The Morgan fingerprint density at radius 3 is 2.55 bits per heavy atom. The molecule has 2 aliphatic heterocycles. The number of carbonyl (C=O) groups excluding carboxylic acids is 3. The normalized spacial score (nSPS) is 29.7. The molecule has 5 aliphatic rings. The summed E-state index contributed by atoms with van der Waals surface area (Å²) in [5.41, 5.74) is -2.00. The van der Waals surface area contributed by atoms with Gasteiger partial charge in [-0.05, 0) is 73.0 Å². The fraction of sp³-hybridized carbons (Fsp3) is 0.485. The smallest absolute Gasteiger partial charge is 0.200 e. The molecule has 1 saturated heterocycles. The van der Waals surface area contributed by atoms with Gasteiger partial charge in [0.2, 0.25) is 0 Å². The first kappa shape index (κ1) is 28.1. The molecule has 0 radical (unpaired) electrons. The fourth-order valence-electron chi connectivity index (χ4n) is 6.89. The summed E-state index contributed by atoms with van der Waals surface area (Å²) in [7, 11) is 0. The number of ketones is 2. The summed E-state index contributed by atoms with van der Waals surface area (Å²) in [4.78, 5) is 40.0. The van der Waals surface area contributed by atoms with Crippen molar-refractivity contribution in [1.29, 1.82) is 0 Å². The van der Waals surface area contributed by atoms with E-state index >= 15 is 0 Å². The summed E-state index contributed by atoms with van der Waals surface area (Å²) in [6.07, 6.45) is 8.73. The van der Waals surface area contributed by atoms with Crippen LogP contribution in [-0.4, -0.2) is 45.4 Å². The van der Waals surface area contributed by atoms with E-state index in [-0.39, 0.29) is 41.0 Å². The molecule has 212 valence electrons. The van der Waals surface area contributed by atoms with Gasteiger partial charge in [0.05, 0.1) is 5.60 Å². The molecule has 1 aromatic rings. The molecule has 1 N–H and O–H groups in total. The fourth-order valence-corrected chi connectivity index (χ4v) is 6.89. The lowest BCUT2D eigenvalue weighted by Crippen LogP contribution is -2.72. The molecule has 0 aromatic heterocycles. The van der Waals surface area contributed by atoms with Gasteiger partial charge in [-0.15, -0.1) is 0 Å². The molecule has 2 fully saturated rings. The van der Waals surface area contributed by atoms with Crippen LogP contribution in [0.25, 0.3) is 0 Å². The van der Waals surface area contributed by atoms with Gasteiger partial charge >= 0.3 is 0 Å². The Balaban J connectivity index is 1.81. The molecular formula is C33H38O7. The van der Waals surface area contributed by atoms with Crippen LogP contribution >= 0.6 is 0 Å². The molecule has 4 unspecified atom stereocenters. The van der Waals surface area contributed by atoms with E-state index < -0.39 is 28.3 Å². The molecule has 7 nitrogen and oxygen atoms in total. The number of rotatable bonds is 8. The van der Waals surface area contributed by atoms with Crippen molar-refractivity contribution < 1.29 is 33.7 Å². The van der Waals surface area contributed by atoms with Crippen molar-refractivity contribution in [2.24, 2.45) is 11.8 Å². The highest BCUT2D eigenvalue weighted by molar-refractivity contribution is 6.18. The highest BCUT2D eigenvalue weighted by atomic mass is 16.6. The molecule has 7 heteroatoms. The minimum absolute atomic E-state index is 0.0600. The molecule has 0 amide bonds. The number of ether oxygens (including phenoxy) is 3. The third-order valence-corrected chi connectivity index (χ3v) is 8.89. The van der Waals surface area contributed by atoms with Crippen molar-refractivity contribution in [2.75, 3.05) is 0 Å². The molecule has 3 aliphatic carbocycles. The summed E-state index contributed by atoms with van der Waals surface area (Å²) in [6.45, 7) is 17.0. The zero-order chi connectivity index (χ0) is 29.4. The number of hydrogen-bond acceptors (Lipinski definition) is 7. The molecule has 4 bridgehead atoms. The Hall–Kier alpha value is -3.45. The minimum atomic E-state index is -1.51. The average Bonchev–Trinajstić information content (AvgIpc) is 3.03. The second-order valence-corrected chi connectivity index (χ2v) is 12.8. The van der Waals surface area contributed by atoms with E-state index in [0.29, 0.717) is 35.3 Å². The number of aldehydes is 1. The van der Waals surface area contributed by atoms with Crippen molar-refractivity contribution >= 4 is 17.9 Å². The first-order chi connectivity index (χ1) is 18.6. The summed E-state index contributed by atoms with van der Waals surface area (Å²) in [5, 5.41) is 11.2. The topological polar surface area (TPSA) is 99.1 Å². The largest absolute Gasteiger partial charge is 0.507 e. The van der Waals surface area contributed by atoms with Gasteiger partial charge in [0.25, 0.3) is 0 Å². The number of aromatic hydroxyl groups is 1. The third-order valence-electron chi connectivity index (χ3n) is 8.89. The highest BCUT2D eigenvalue weighted by Crippen LogP contribution is 2.68. The predicted molar refractivity (Wildman–Crippen MR) is 151 cm³/mol. The lowest BCUT2D eigenvalue weighted by molar-refractivity contribution is -0.171. The average molecular weight is 547 g/mol. The van der Waals surface area contributed by atoms with Crippen LogP contribution in [0.3, 0.4) is 0 Å². The second kappa shape index (κ2) is 9.03. The lowest BCUT2D eigenvalue weighted by Gasteiger charge is -2.56. The van der Waals surface area contributed by atoms with E-state index in [1.807, 2.05) is 47.6 Å². The summed E-state index contributed by atoms with van der Waals surface area (Å²) in [5.74, 6) is -1.06. The van der Waals surface area contributed by atoms with Crippen molar-refractivity contribution in [1.82, 2.24) is 0 Å². The Bertz CT molecular complexity index is 1430. The van der Waals surface area contributed by atoms with E-state index in [2.05, 4.69) is 6.58 Å². The zero-order valence-electron chi connectivity index (χ0n) is 24.3. The van der Waals surface area contributed by atoms with Gasteiger partial charge in [-0.2, -0.15) is 0 Å². The molecule has 1 aromatic carbocycles. The molecule has 40 heavy (non-hydrogen) atoms. The first-order valence-electron chi connectivity index (χ1n) is 13.8. The maximum absolute atomic E-state index is 14.4. The van der Waals surface area contributed by atoms with E-state index in [0.717, 1.165) is 11.9 Å². The van der Waals surface area contributed by atoms with Gasteiger partial charge in [0.15, 0.2) is 22.8 Å². The van der Waals surface area contributed by atoms with Gasteiger partial charge < -0.3 is 19.3 Å². The van der Waals surface area contributed by atoms with E-state index in [4.69, 9.17) is 14.2 Å². The molecule has 1 saturated carbocycles. The SMILES string of the molecule is C=CC(C)(C)Oc1cc(O)c2c(c1CC=C(C)C)OC13C(=CC4CC1C(C)(C)OC3(C/C=C(\C)C=O)C4=O)C2=O. The number of Topliss-reactive ketones (excluding diaryl/α,β-unsaturated/α-hetero) is 2. The Morgan fingerprint density at radius 2 is 1.93 bits per heavy atom. The number of phenols is 1.